The van der Waals surface area contributed by atoms with Gasteiger partial charge in [0.25, 0.3) is 0 Å². The standard InChI is InChI=1S/C24H19NO5/c26-19-9-7-17(12-21(19)28)22-13-18-16(6-10-20(27)24(18)30-22)8-11-23(29)25-14-15-4-2-1-3-5-15/h1-13,26-28H,14H2,(H,25,29)/b11-8+. The Morgan fingerprint density at radius 3 is 2.43 bits per heavy atom. The molecule has 0 bridgehead atoms. The zero-order valence-corrected chi connectivity index (χ0v) is 15.9. The van der Waals surface area contributed by atoms with E-state index in [1.165, 1.54) is 24.3 Å². The molecule has 4 N–H and O–H groups in total. The molecule has 0 spiro atoms. The second-order valence-corrected chi connectivity index (χ2v) is 6.77. The van der Waals surface area contributed by atoms with E-state index in [4.69, 9.17) is 4.42 Å². The van der Waals surface area contributed by atoms with Crippen molar-refractivity contribution < 1.29 is 24.5 Å². The van der Waals surface area contributed by atoms with Gasteiger partial charge in [-0.15, -0.1) is 0 Å². The van der Waals surface area contributed by atoms with Gasteiger partial charge >= 0.3 is 0 Å². The molecule has 30 heavy (non-hydrogen) atoms. The Morgan fingerprint density at radius 1 is 0.900 bits per heavy atom. The van der Waals surface area contributed by atoms with E-state index in [-0.39, 0.29) is 28.7 Å². The zero-order chi connectivity index (χ0) is 21.1. The molecule has 3 aromatic carbocycles. The van der Waals surface area contributed by atoms with Crippen LogP contribution in [0.3, 0.4) is 0 Å². The van der Waals surface area contributed by atoms with Crippen molar-refractivity contribution in [3.8, 4) is 28.6 Å². The van der Waals surface area contributed by atoms with Gasteiger partial charge in [-0.3, -0.25) is 4.79 Å². The monoisotopic (exact) mass is 401 g/mol. The summed E-state index contributed by atoms with van der Waals surface area (Å²) in [5.74, 6) is -0.377. The van der Waals surface area contributed by atoms with Crippen LogP contribution in [-0.4, -0.2) is 21.2 Å². The Kier molecular flexibility index (Phi) is 5.13. The van der Waals surface area contributed by atoms with Crippen molar-refractivity contribution in [1.29, 1.82) is 0 Å². The van der Waals surface area contributed by atoms with Gasteiger partial charge in [-0.25, -0.2) is 0 Å². The SMILES string of the molecule is O=C(/C=C/c1ccc(O)c2oc(-c3ccc(O)c(O)c3)cc12)NCc1ccccc1. The normalized spacial score (nSPS) is 11.2. The fourth-order valence-electron chi connectivity index (χ4n) is 3.10. The van der Waals surface area contributed by atoms with Crippen LogP contribution in [0.25, 0.3) is 28.4 Å². The molecule has 0 radical (unpaired) electrons. The summed E-state index contributed by atoms with van der Waals surface area (Å²) in [6, 6.07) is 18.8. The highest BCUT2D eigenvalue weighted by atomic mass is 16.4. The summed E-state index contributed by atoms with van der Waals surface area (Å²) in [4.78, 5) is 12.2. The Labute approximate surface area is 172 Å². The number of benzene rings is 3. The minimum atomic E-state index is -0.271. The molecule has 0 aliphatic rings. The van der Waals surface area contributed by atoms with Gasteiger partial charge in [0.15, 0.2) is 22.8 Å². The van der Waals surface area contributed by atoms with Crippen LogP contribution in [0.15, 0.2) is 77.2 Å². The molecule has 0 saturated carbocycles. The molecule has 1 aromatic heterocycles. The highest BCUT2D eigenvalue weighted by molar-refractivity contribution is 5.98. The van der Waals surface area contributed by atoms with E-state index < -0.39 is 0 Å². The number of rotatable bonds is 5. The van der Waals surface area contributed by atoms with E-state index in [0.29, 0.717) is 28.8 Å². The number of carbonyl (C=O) groups excluding carboxylic acids is 1. The molecule has 1 heterocycles. The number of hydrogen-bond donors (Lipinski definition) is 4. The number of amides is 1. The number of hydrogen-bond acceptors (Lipinski definition) is 5. The third-order valence-electron chi connectivity index (χ3n) is 4.68. The van der Waals surface area contributed by atoms with Gasteiger partial charge in [-0.05, 0) is 47.5 Å². The number of fused-ring (bicyclic) bond motifs is 1. The summed E-state index contributed by atoms with van der Waals surface area (Å²) in [6.07, 6.45) is 3.07. The van der Waals surface area contributed by atoms with E-state index in [9.17, 15) is 20.1 Å². The fraction of sp³-hybridized carbons (Fsp3) is 0.0417. The molecule has 0 aliphatic heterocycles. The lowest BCUT2D eigenvalue weighted by Gasteiger charge is -2.02. The zero-order valence-electron chi connectivity index (χ0n) is 15.9. The summed E-state index contributed by atoms with van der Waals surface area (Å²) < 4.78 is 5.76. The summed E-state index contributed by atoms with van der Waals surface area (Å²) in [7, 11) is 0. The molecule has 0 saturated heterocycles. The molecule has 0 atom stereocenters. The Morgan fingerprint density at radius 2 is 1.67 bits per heavy atom. The van der Waals surface area contributed by atoms with Crippen LogP contribution in [0, 0.1) is 0 Å². The van der Waals surface area contributed by atoms with Gasteiger partial charge in [-0.1, -0.05) is 36.4 Å². The quantitative estimate of drug-likeness (QED) is 0.290. The maximum Gasteiger partial charge on any atom is 0.244 e. The maximum atomic E-state index is 12.2. The lowest BCUT2D eigenvalue weighted by atomic mass is 10.1. The van der Waals surface area contributed by atoms with Gasteiger partial charge in [0.05, 0.1) is 0 Å². The van der Waals surface area contributed by atoms with E-state index >= 15 is 0 Å². The molecule has 4 aromatic rings. The van der Waals surface area contributed by atoms with Crippen molar-refractivity contribution in [2.45, 2.75) is 6.54 Å². The van der Waals surface area contributed by atoms with Crippen LogP contribution in [-0.2, 0) is 11.3 Å². The van der Waals surface area contributed by atoms with E-state index in [1.807, 2.05) is 30.3 Å². The molecule has 0 aliphatic carbocycles. The number of aromatic hydroxyl groups is 3. The van der Waals surface area contributed by atoms with E-state index in [1.54, 1.807) is 24.3 Å². The molecular weight excluding hydrogens is 382 g/mol. The first-order valence-electron chi connectivity index (χ1n) is 9.29. The smallest absolute Gasteiger partial charge is 0.244 e. The first kappa shape index (κ1) is 19.1. The number of nitrogens with one attached hydrogen (secondary N) is 1. The molecule has 4 rings (SSSR count). The maximum absolute atomic E-state index is 12.2. The summed E-state index contributed by atoms with van der Waals surface area (Å²) in [5.41, 5.74) is 2.50. The van der Waals surface area contributed by atoms with E-state index in [2.05, 4.69) is 5.32 Å². The van der Waals surface area contributed by atoms with Crippen LogP contribution >= 0.6 is 0 Å². The molecule has 0 unspecified atom stereocenters. The van der Waals surface area contributed by atoms with Crippen molar-refractivity contribution in [2.75, 3.05) is 0 Å². The second-order valence-electron chi connectivity index (χ2n) is 6.77. The van der Waals surface area contributed by atoms with Crippen molar-refractivity contribution >= 4 is 23.0 Å². The minimum Gasteiger partial charge on any atom is -0.504 e. The van der Waals surface area contributed by atoms with Crippen LogP contribution in [0.2, 0.25) is 0 Å². The Balaban J connectivity index is 1.59. The summed E-state index contributed by atoms with van der Waals surface area (Å²) >= 11 is 0. The van der Waals surface area contributed by atoms with Crippen LogP contribution in [0.1, 0.15) is 11.1 Å². The van der Waals surface area contributed by atoms with Gasteiger partial charge in [-0.2, -0.15) is 0 Å². The summed E-state index contributed by atoms with van der Waals surface area (Å²) in [5, 5.41) is 32.8. The van der Waals surface area contributed by atoms with Crippen molar-refractivity contribution in [2.24, 2.45) is 0 Å². The second kappa shape index (κ2) is 8.05. The average Bonchev–Trinajstić information content (AvgIpc) is 3.21. The molecule has 1 amide bonds. The van der Waals surface area contributed by atoms with E-state index in [0.717, 1.165) is 5.56 Å². The average molecular weight is 401 g/mol. The summed E-state index contributed by atoms with van der Waals surface area (Å²) in [6.45, 7) is 0.426. The van der Waals surface area contributed by atoms with Gasteiger partial charge < -0.3 is 25.1 Å². The van der Waals surface area contributed by atoms with Gasteiger partial charge in [0.2, 0.25) is 5.91 Å². The third kappa shape index (κ3) is 3.98. The van der Waals surface area contributed by atoms with Crippen LogP contribution in [0.4, 0.5) is 0 Å². The Hall–Kier alpha value is -4.19. The highest BCUT2D eigenvalue weighted by Crippen LogP contribution is 2.37. The number of furan rings is 1. The minimum absolute atomic E-state index is 0.0371. The predicted octanol–water partition coefficient (Wildman–Crippen LogP) is 4.55. The van der Waals surface area contributed by atoms with Crippen molar-refractivity contribution in [3.05, 3.63) is 83.9 Å². The first-order valence-corrected chi connectivity index (χ1v) is 9.29. The first-order chi connectivity index (χ1) is 14.5. The lowest BCUT2D eigenvalue weighted by molar-refractivity contribution is -0.116. The molecule has 150 valence electrons. The number of carbonyl (C=O) groups is 1. The van der Waals surface area contributed by atoms with Crippen LogP contribution in [0.5, 0.6) is 17.2 Å². The number of phenolic OH excluding ortho intramolecular Hbond substituents is 3. The lowest BCUT2D eigenvalue weighted by Crippen LogP contribution is -2.20. The van der Waals surface area contributed by atoms with Crippen molar-refractivity contribution in [1.82, 2.24) is 5.32 Å². The van der Waals surface area contributed by atoms with Crippen LogP contribution < -0.4 is 5.32 Å². The molecule has 6 heteroatoms. The third-order valence-corrected chi connectivity index (χ3v) is 4.68. The van der Waals surface area contributed by atoms with Gasteiger partial charge in [0, 0.05) is 23.6 Å². The number of phenols is 3. The van der Waals surface area contributed by atoms with Crippen molar-refractivity contribution in [3.63, 3.8) is 0 Å². The largest absolute Gasteiger partial charge is 0.504 e. The highest BCUT2D eigenvalue weighted by Gasteiger charge is 2.14. The predicted molar refractivity (Wildman–Crippen MR) is 114 cm³/mol. The fourth-order valence-corrected chi connectivity index (χ4v) is 3.10. The molecular formula is C24H19NO5. The van der Waals surface area contributed by atoms with Gasteiger partial charge in [0.1, 0.15) is 5.76 Å². The Bertz CT molecular complexity index is 1240. The molecule has 6 nitrogen and oxygen atoms in total. The molecule has 0 fully saturated rings. The topological polar surface area (TPSA) is 103 Å².